The van der Waals surface area contributed by atoms with E-state index in [0.29, 0.717) is 11.5 Å². The molecular formula is C40H32N4O8S2. The Bertz CT molecular complexity index is 2500. The van der Waals surface area contributed by atoms with E-state index in [1.807, 2.05) is 0 Å². The number of aryl methyl sites for hydroxylation is 2. The van der Waals surface area contributed by atoms with Crippen LogP contribution in [0.4, 0.5) is 22.7 Å². The summed E-state index contributed by atoms with van der Waals surface area (Å²) in [7, 11) is -8.73. The highest BCUT2D eigenvalue weighted by molar-refractivity contribution is 7.93. The zero-order valence-corrected chi connectivity index (χ0v) is 30.4. The monoisotopic (exact) mass is 760 g/mol. The fraction of sp³-hybridized carbons (Fsp3) is 0.0500. The number of anilines is 4. The van der Waals surface area contributed by atoms with Gasteiger partial charge >= 0.3 is 0 Å². The first kappa shape index (κ1) is 35.7. The lowest BCUT2D eigenvalue weighted by molar-refractivity contribution is 0.0981. The predicted molar refractivity (Wildman–Crippen MR) is 206 cm³/mol. The molecule has 0 aliphatic heterocycles. The summed E-state index contributed by atoms with van der Waals surface area (Å²) in [4.78, 5) is 29.4. The highest BCUT2D eigenvalue weighted by atomic mass is 32.2. The van der Waals surface area contributed by atoms with Crippen LogP contribution in [-0.2, 0) is 20.0 Å². The van der Waals surface area contributed by atoms with E-state index in [9.17, 15) is 26.4 Å². The van der Waals surface area contributed by atoms with Crippen molar-refractivity contribution in [1.82, 2.24) is 0 Å². The van der Waals surface area contributed by atoms with Crippen LogP contribution in [0.15, 0.2) is 131 Å². The van der Waals surface area contributed by atoms with Crippen LogP contribution in [0.2, 0.25) is 0 Å². The quantitative estimate of drug-likeness (QED) is 0.102. The normalized spacial score (nSPS) is 12.4. The Balaban J connectivity index is 1.46. The molecule has 0 aromatic heterocycles. The van der Waals surface area contributed by atoms with Gasteiger partial charge in [0, 0.05) is 12.1 Å². The first-order chi connectivity index (χ1) is 25.7. The average molecular weight is 761 g/mol. The van der Waals surface area contributed by atoms with E-state index in [1.165, 1.54) is 36.4 Å². The van der Waals surface area contributed by atoms with Gasteiger partial charge in [-0.25, -0.2) is 16.8 Å². The lowest BCUT2D eigenvalue weighted by Crippen LogP contribution is -2.28. The van der Waals surface area contributed by atoms with Crippen LogP contribution >= 0.6 is 0 Å². The summed E-state index contributed by atoms with van der Waals surface area (Å²) in [5.41, 5.74) is 11.9. The van der Waals surface area contributed by atoms with Gasteiger partial charge in [0.25, 0.3) is 20.0 Å². The van der Waals surface area contributed by atoms with Gasteiger partial charge in [-0.1, -0.05) is 71.8 Å². The van der Waals surface area contributed by atoms with Gasteiger partial charge in [-0.05, 0) is 62.4 Å². The third-order valence-electron chi connectivity index (χ3n) is 8.66. The van der Waals surface area contributed by atoms with Gasteiger partial charge in [0.05, 0.1) is 54.8 Å². The number of nitrogens with one attached hydrogen (secondary N) is 2. The van der Waals surface area contributed by atoms with E-state index in [0.717, 1.165) is 11.1 Å². The second-order valence-corrected chi connectivity index (χ2v) is 15.9. The summed E-state index contributed by atoms with van der Waals surface area (Å²) in [6, 6.07) is 31.2. The van der Waals surface area contributed by atoms with Crippen LogP contribution in [0, 0.1) is 13.8 Å². The Morgan fingerprint density at radius 3 is 1.15 bits per heavy atom. The van der Waals surface area contributed by atoms with Crippen molar-refractivity contribution >= 4 is 54.4 Å². The molecule has 1 aliphatic carbocycles. The Kier molecular flexibility index (Phi) is 9.09. The van der Waals surface area contributed by atoms with E-state index in [-0.39, 0.29) is 44.0 Å². The maximum absolute atomic E-state index is 14.8. The number of ether oxygens (including phenoxy) is 2. The molecule has 0 saturated carbocycles. The zero-order valence-electron chi connectivity index (χ0n) is 28.8. The smallest absolute Gasteiger partial charge is 0.261 e. The average Bonchev–Trinajstić information content (AvgIpc) is 3.14. The van der Waals surface area contributed by atoms with Crippen molar-refractivity contribution in [2.24, 2.45) is 0 Å². The SMILES string of the molecule is Cc1ccc(S(=O)(=O)Nc2cc(Oc3ccccc3)c(N)c3c2C(=O)c2c(N)c(Oc4ccccc4)cc(NS(=O)(=O)c4ccc(C)cc4)c2C3=O)cc1. The van der Waals surface area contributed by atoms with Gasteiger partial charge in [0.1, 0.15) is 11.5 Å². The summed E-state index contributed by atoms with van der Waals surface area (Å²) < 4.78 is 72.1. The molecular weight excluding hydrogens is 729 g/mol. The molecule has 6 N–H and O–H groups in total. The van der Waals surface area contributed by atoms with Crippen molar-refractivity contribution in [2.75, 3.05) is 20.9 Å². The molecule has 0 saturated heterocycles. The van der Waals surface area contributed by atoms with Crippen molar-refractivity contribution in [3.8, 4) is 23.0 Å². The van der Waals surface area contributed by atoms with Crippen molar-refractivity contribution in [3.63, 3.8) is 0 Å². The number of para-hydroxylation sites is 2. The second-order valence-electron chi connectivity index (χ2n) is 12.5. The number of sulfonamides is 2. The highest BCUT2D eigenvalue weighted by Crippen LogP contribution is 2.48. The van der Waals surface area contributed by atoms with Crippen LogP contribution in [0.25, 0.3) is 0 Å². The number of nitrogens with two attached hydrogens (primary N) is 2. The summed E-state index contributed by atoms with van der Waals surface area (Å²) >= 11 is 0. The molecule has 0 atom stereocenters. The molecule has 0 bridgehead atoms. The van der Waals surface area contributed by atoms with E-state index in [2.05, 4.69) is 9.44 Å². The molecule has 0 spiro atoms. The lowest BCUT2D eigenvalue weighted by atomic mass is 9.80. The first-order valence-electron chi connectivity index (χ1n) is 16.4. The number of carbonyl (C=O) groups excluding carboxylic acids is 2. The maximum Gasteiger partial charge on any atom is 0.261 e. The Morgan fingerprint density at radius 1 is 0.481 bits per heavy atom. The third kappa shape index (κ3) is 6.71. The minimum absolute atomic E-state index is 0.120. The molecule has 12 nitrogen and oxygen atoms in total. The number of hydrogen-bond donors (Lipinski definition) is 4. The molecule has 6 aromatic rings. The molecule has 6 aromatic carbocycles. The summed E-state index contributed by atoms with van der Waals surface area (Å²) in [5.74, 6) is -1.55. The fourth-order valence-corrected chi connectivity index (χ4v) is 8.07. The minimum atomic E-state index is -4.37. The van der Waals surface area contributed by atoms with E-state index < -0.39 is 53.9 Å². The van der Waals surface area contributed by atoms with Crippen molar-refractivity contribution < 1.29 is 35.9 Å². The molecule has 0 fully saturated rings. The minimum Gasteiger partial charge on any atom is -0.455 e. The Morgan fingerprint density at radius 2 is 0.815 bits per heavy atom. The zero-order chi connectivity index (χ0) is 38.4. The fourth-order valence-electron chi connectivity index (χ4n) is 5.94. The van der Waals surface area contributed by atoms with Gasteiger partial charge in [-0.2, -0.15) is 0 Å². The molecule has 7 rings (SSSR count). The molecule has 54 heavy (non-hydrogen) atoms. The number of hydrogen-bond acceptors (Lipinski definition) is 10. The molecule has 0 radical (unpaired) electrons. The van der Waals surface area contributed by atoms with Gasteiger partial charge in [0.15, 0.2) is 23.1 Å². The van der Waals surface area contributed by atoms with Crippen molar-refractivity contribution in [3.05, 3.63) is 155 Å². The highest BCUT2D eigenvalue weighted by Gasteiger charge is 2.41. The van der Waals surface area contributed by atoms with Crippen molar-refractivity contribution in [1.29, 1.82) is 0 Å². The topological polar surface area (TPSA) is 197 Å². The molecule has 0 unspecified atom stereocenters. The van der Waals surface area contributed by atoms with E-state index in [4.69, 9.17) is 20.9 Å². The number of fused-ring (bicyclic) bond motifs is 2. The lowest BCUT2D eigenvalue weighted by Gasteiger charge is -2.27. The van der Waals surface area contributed by atoms with Crippen LogP contribution in [0.5, 0.6) is 23.0 Å². The largest absolute Gasteiger partial charge is 0.455 e. The molecule has 272 valence electrons. The first-order valence-corrected chi connectivity index (χ1v) is 19.4. The molecule has 0 heterocycles. The Hall–Kier alpha value is -6.64. The summed E-state index contributed by atoms with van der Waals surface area (Å²) in [6.45, 7) is 3.59. The molecule has 14 heteroatoms. The van der Waals surface area contributed by atoms with Gasteiger partial charge in [0.2, 0.25) is 0 Å². The van der Waals surface area contributed by atoms with Gasteiger partial charge in [-0.15, -0.1) is 0 Å². The van der Waals surface area contributed by atoms with Crippen molar-refractivity contribution in [2.45, 2.75) is 23.6 Å². The number of rotatable bonds is 10. The Labute approximate surface area is 311 Å². The maximum atomic E-state index is 14.8. The van der Waals surface area contributed by atoms with Crippen LogP contribution < -0.4 is 30.4 Å². The van der Waals surface area contributed by atoms with E-state index >= 15 is 0 Å². The van der Waals surface area contributed by atoms with Crippen LogP contribution in [0.3, 0.4) is 0 Å². The third-order valence-corrected chi connectivity index (χ3v) is 11.4. The second kappa shape index (κ2) is 13.7. The van der Waals surface area contributed by atoms with E-state index in [1.54, 1.807) is 98.8 Å². The molecule has 0 amide bonds. The standard InChI is InChI=1S/C40H32N4O8S2/c1-23-13-17-27(18-14-23)53(47,48)43-29-21-31(51-25-9-5-3-6-10-25)37(41)35-33(29)39(45)36-34(40(35)46)30(44-54(49,50)28-19-15-24(2)16-20-28)22-32(38(36)42)52-26-11-7-4-8-12-26/h3-22,43-44H,41-42H2,1-2H3. The predicted octanol–water partition coefficient (Wildman–Crippen LogP) is 7.43. The number of nitrogen functional groups attached to an aromatic ring is 2. The number of ketones is 2. The number of carbonyl (C=O) groups is 2. The summed E-state index contributed by atoms with van der Waals surface area (Å²) in [5, 5.41) is 0. The van der Waals surface area contributed by atoms with Gasteiger partial charge in [-0.3, -0.25) is 19.0 Å². The number of benzene rings is 6. The molecule has 1 aliphatic rings. The van der Waals surface area contributed by atoms with Gasteiger partial charge < -0.3 is 20.9 Å². The van der Waals surface area contributed by atoms with Crippen LogP contribution in [-0.4, -0.2) is 28.4 Å². The van der Waals surface area contributed by atoms with Crippen LogP contribution in [0.1, 0.15) is 43.0 Å². The summed E-state index contributed by atoms with van der Waals surface area (Å²) in [6.07, 6.45) is 0.